The van der Waals surface area contributed by atoms with E-state index < -0.39 is 4.92 Å². The first kappa shape index (κ1) is 13.5. The summed E-state index contributed by atoms with van der Waals surface area (Å²) < 4.78 is 0. The molecule has 0 radical (unpaired) electrons. The van der Waals surface area contributed by atoms with Crippen molar-refractivity contribution in [3.05, 3.63) is 28.1 Å². The van der Waals surface area contributed by atoms with Crippen molar-refractivity contribution in [2.75, 3.05) is 39.3 Å². The minimum atomic E-state index is -0.535. The first-order chi connectivity index (χ1) is 9.11. The minimum absolute atomic E-state index is 0.108. The maximum absolute atomic E-state index is 12.1. The first-order valence-corrected chi connectivity index (χ1v) is 6.07. The van der Waals surface area contributed by atoms with Crippen LogP contribution in [0.5, 0.6) is 0 Å². The van der Waals surface area contributed by atoms with Crippen LogP contribution in [0.3, 0.4) is 0 Å². The lowest BCUT2D eigenvalue weighted by atomic mass is 10.2. The predicted octanol–water partition coefficient (Wildman–Crippen LogP) is -0.327. The molecule has 19 heavy (non-hydrogen) atoms. The molecule has 1 fully saturated rings. The summed E-state index contributed by atoms with van der Waals surface area (Å²) >= 11 is 0. The Balaban J connectivity index is 1.95. The van der Waals surface area contributed by atoms with Crippen LogP contribution in [-0.4, -0.2) is 70.1 Å². The number of carbonyl (C=O) groups is 1. The highest BCUT2D eigenvalue weighted by Crippen LogP contribution is 2.14. The summed E-state index contributed by atoms with van der Waals surface area (Å²) in [5.41, 5.74) is 0.129. The van der Waals surface area contributed by atoms with E-state index in [2.05, 4.69) is 9.88 Å². The lowest BCUT2D eigenvalue weighted by molar-refractivity contribution is -0.384. The second-order valence-electron chi connectivity index (χ2n) is 4.39. The number of aromatic amines is 1. The maximum Gasteiger partial charge on any atom is 0.287 e. The molecule has 8 heteroatoms. The number of hydrogen-bond donors (Lipinski definition) is 2. The molecular formula is C11H16N4O4. The number of nitrogens with zero attached hydrogens (tertiary/aromatic N) is 3. The Morgan fingerprint density at radius 1 is 1.42 bits per heavy atom. The van der Waals surface area contributed by atoms with Gasteiger partial charge in [0.05, 0.1) is 17.7 Å². The Hall–Kier alpha value is -1.93. The molecule has 104 valence electrons. The molecule has 2 N–H and O–H groups in total. The third kappa shape index (κ3) is 3.09. The Bertz CT molecular complexity index is 465. The van der Waals surface area contributed by atoms with Gasteiger partial charge in [0.2, 0.25) is 0 Å². The third-order valence-corrected chi connectivity index (χ3v) is 3.18. The fourth-order valence-electron chi connectivity index (χ4n) is 2.10. The minimum Gasteiger partial charge on any atom is -0.395 e. The number of piperazine rings is 1. The molecule has 2 rings (SSSR count). The van der Waals surface area contributed by atoms with Crippen LogP contribution in [0.4, 0.5) is 5.69 Å². The van der Waals surface area contributed by atoms with Crippen molar-refractivity contribution < 1.29 is 14.8 Å². The lowest BCUT2D eigenvalue weighted by Gasteiger charge is -2.34. The van der Waals surface area contributed by atoms with Crippen LogP contribution in [0.2, 0.25) is 0 Å². The van der Waals surface area contributed by atoms with Crippen molar-refractivity contribution in [3.63, 3.8) is 0 Å². The van der Waals surface area contributed by atoms with Gasteiger partial charge in [-0.3, -0.25) is 19.8 Å². The van der Waals surface area contributed by atoms with E-state index in [1.165, 1.54) is 12.3 Å². The molecule has 8 nitrogen and oxygen atoms in total. The summed E-state index contributed by atoms with van der Waals surface area (Å²) in [7, 11) is 0. The SMILES string of the molecule is O=C(c1cc([N+](=O)[O-])c[nH]1)N1CCN(CCO)CC1. The molecule has 0 aliphatic carbocycles. The number of aliphatic hydroxyl groups is 1. The zero-order chi connectivity index (χ0) is 13.8. The Kier molecular flexibility index (Phi) is 4.13. The molecule has 1 aliphatic rings. The van der Waals surface area contributed by atoms with E-state index in [1.54, 1.807) is 4.90 Å². The van der Waals surface area contributed by atoms with Crippen molar-refractivity contribution >= 4 is 11.6 Å². The predicted molar refractivity (Wildman–Crippen MR) is 66.9 cm³/mol. The highest BCUT2D eigenvalue weighted by atomic mass is 16.6. The number of nitro groups is 1. The Morgan fingerprint density at radius 3 is 2.63 bits per heavy atom. The van der Waals surface area contributed by atoms with Gasteiger partial charge in [-0.15, -0.1) is 0 Å². The molecule has 0 saturated carbocycles. The normalized spacial score (nSPS) is 16.6. The topological polar surface area (TPSA) is 103 Å². The molecule has 0 atom stereocenters. The fraction of sp³-hybridized carbons (Fsp3) is 0.545. The van der Waals surface area contributed by atoms with Gasteiger partial charge in [0.1, 0.15) is 5.69 Å². The molecule has 2 heterocycles. The molecule has 1 saturated heterocycles. The van der Waals surface area contributed by atoms with E-state index in [0.29, 0.717) is 32.7 Å². The van der Waals surface area contributed by atoms with Crippen LogP contribution in [0.25, 0.3) is 0 Å². The number of aliphatic hydroxyl groups excluding tert-OH is 1. The summed E-state index contributed by atoms with van der Waals surface area (Å²) in [6.07, 6.45) is 1.22. The highest BCUT2D eigenvalue weighted by Gasteiger charge is 2.24. The summed E-state index contributed by atoms with van der Waals surface area (Å²) in [5.74, 6) is -0.225. The highest BCUT2D eigenvalue weighted by molar-refractivity contribution is 5.93. The lowest BCUT2D eigenvalue weighted by Crippen LogP contribution is -2.49. The molecule has 0 unspecified atom stereocenters. The van der Waals surface area contributed by atoms with Crippen molar-refractivity contribution in [3.8, 4) is 0 Å². The summed E-state index contributed by atoms with van der Waals surface area (Å²) in [6, 6.07) is 1.25. The largest absolute Gasteiger partial charge is 0.395 e. The van der Waals surface area contributed by atoms with Crippen LogP contribution < -0.4 is 0 Å². The van der Waals surface area contributed by atoms with E-state index in [1.807, 2.05) is 0 Å². The summed E-state index contributed by atoms with van der Waals surface area (Å²) in [6.45, 7) is 3.24. The first-order valence-electron chi connectivity index (χ1n) is 6.07. The molecule has 1 aromatic rings. The van der Waals surface area contributed by atoms with Crippen LogP contribution in [0.15, 0.2) is 12.3 Å². The van der Waals surface area contributed by atoms with Gasteiger partial charge >= 0.3 is 0 Å². The molecule has 0 spiro atoms. The van der Waals surface area contributed by atoms with Crippen molar-refractivity contribution in [1.82, 2.24) is 14.8 Å². The second kappa shape index (κ2) is 5.81. The molecule has 0 bridgehead atoms. The van der Waals surface area contributed by atoms with Gasteiger partial charge in [0, 0.05) is 38.8 Å². The second-order valence-corrected chi connectivity index (χ2v) is 4.39. The standard InChI is InChI=1S/C11H16N4O4/c16-6-5-13-1-3-14(4-2-13)11(17)10-7-9(8-12-10)15(18)19/h7-8,12,16H,1-6H2. The average Bonchev–Trinajstić information content (AvgIpc) is 2.89. The van der Waals surface area contributed by atoms with E-state index in [9.17, 15) is 14.9 Å². The quantitative estimate of drug-likeness (QED) is 0.575. The van der Waals surface area contributed by atoms with Gasteiger partial charge in [0.25, 0.3) is 11.6 Å². The van der Waals surface area contributed by atoms with Gasteiger partial charge in [0.15, 0.2) is 0 Å². The third-order valence-electron chi connectivity index (χ3n) is 3.18. The number of nitrogens with one attached hydrogen (secondary N) is 1. The number of carbonyl (C=O) groups excluding carboxylic acids is 1. The average molecular weight is 268 g/mol. The maximum atomic E-state index is 12.1. The molecule has 1 aromatic heterocycles. The van der Waals surface area contributed by atoms with Crippen molar-refractivity contribution in [2.45, 2.75) is 0 Å². The zero-order valence-electron chi connectivity index (χ0n) is 10.4. The number of rotatable bonds is 4. The van der Waals surface area contributed by atoms with Gasteiger partial charge in [-0.25, -0.2) is 0 Å². The molecule has 1 aliphatic heterocycles. The number of β-amino-alcohol motifs (C(OH)–C–C–N with tert-alkyl or cyclic N) is 1. The van der Waals surface area contributed by atoms with E-state index in [0.717, 1.165) is 0 Å². The van der Waals surface area contributed by atoms with Gasteiger partial charge < -0.3 is 15.0 Å². The van der Waals surface area contributed by atoms with E-state index in [4.69, 9.17) is 5.11 Å². The van der Waals surface area contributed by atoms with Crippen molar-refractivity contribution in [2.24, 2.45) is 0 Å². The zero-order valence-corrected chi connectivity index (χ0v) is 10.4. The fourth-order valence-corrected chi connectivity index (χ4v) is 2.10. The monoisotopic (exact) mass is 268 g/mol. The van der Waals surface area contributed by atoms with Crippen LogP contribution >= 0.6 is 0 Å². The number of amides is 1. The van der Waals surface area contributed by atoms with Gasteiger partial charge in [-0.05, 0) is 0 Å². The molecule has 0 aromatic carbocycles. The van der Waals surface area contributed by atoms with E-state index in [-0.39, 0.29) is 23.9 Å². The number of aromatic nitrogens is 1. The number of hydrogen-bond acceptors (Lipinski definition) is 5. The Labute approximate surface area is 109 Å². The van der Waals surface area contributed by atoms with Crippen LogP contribution in [-0.2, 0) is 0 Å². The van der Waals surface area contributed by atoms with Crippen LogP contribution in [0, 0.1) is 10.1 Å². The van der Waals surface area contributed by atoms with E-state index >= 15 is 0 Å². The Morgan fingerprint density at radius 2 is 2.11 bits per heavy atom. The van der Waals surface area contributed by atoms with Gasteiger partial charge in [-0.1, -0.05) is 0 Å². The number of H-pyrrole nitrogens is 1. The van der Waals surface area contributed by atoms with Crippen molar-refractivity contribution in [1.29, 1.82) is 0 Å². The molecule has 1 amide bonds. The van der Waals surface area contributed by atoms with Crippen LogP contribution in [0.1, 0.15) is 10.5 Å². The smallest absolute Gasteiger partial charge is 0.287 e. The van der Waals surface area contributed by atoms with Gasteiger partial charge in [-0.2, -0.15) is 0 Å². The molecular weight excluding hydrogens is 252 g/mol. The summed E-state index contributed by atoms with van der Waals surface area (Å²) in [4.78, 5) is 28.5. The summed E-state index contributed by atoms with van der Waals surface area (Å²) in [5, 5.41) is 19.4.